The van der Waals surface area contributed by atoms with E-state index >= 15 is 0 Å². The van der Waals surface area contributed by atoms with Crippen molar-refractivity contribution in [2.45, 2.75) is 57.3 Å². The second-order valence-corrected chi connectivity index (χ2v) is 11.0. The predicted octanol–water partition coefficient (Wildman–Crippen LogP) is 4.28. The van der Waals surface area contributed by atoms with Gasteiger partial charge in [0.05, 0.1) is 17.5 Å². The summed E-state index contributed by atoms with van der Waals surface area (Å²) in [6.07, 6.45) is 1.33. The van der Waals surface area contributed by atoms with Gasteiger partial charge in [-0.05, 0) is 55.4 Å². The van der Waals surface area contributed by atoms with Gasteiger partial charge in [0, 0.05) is 56.2 Å². The summed E-state index contributed by atoms with van der Waals surface area (Å²) in [6.45, 7) is 2.41. The molecule has 0 radical (unpaired) electrons. The van der Waals surface area contributed by atoms with Gasteiger partial charge in [0.1, 0.15) is 0 Å². The number of amides is 2. The molecule has 3 heterocycles. The predicted molar refractivity (Wildman–Crippen MR) is 132 cm³/mol. The van der Waals surface area contributed by atoms with E-state index in [0.29, 0.717) is 37.3 Å². The van der Waals surface area contributed by atoms with Crippen molar-refractivity contribution in [2.24, 2.45) is 11.3 Å². The van der Waals surface area contributed by atoms with E-state index in [-0.39, 0.29) is 30.3 Å². The summed E-state index contributed by atoms with van der Waals surface area (Å²) in [4.78, 5) is 36.9. The number of alkyl halides is 3. The third-order valence-electron chi connectivity index (χ3n) is 9.03. The lowest BCUT2D eigenvalue weighted by Crippen LogP contribution is -2.53. The Morgan fingerprint density at radius 1 is 1.08 bits per heavy atom. The number of benzene rings is 1. The van der Waals surface area contributed by atoms with E-state index in [1.54, 1.807) is 4.90 Å². The molecule has 2 aliphatic carbocycles. The summed E-state index contributed by atoms with van der Waals surface area (Å²) in [6, 6.07) is 11.0. The number of nitrogens with zero attached hydrogens (tertiary/aromatic N) is 4. The molecular formula is C28H31F3N4O2. The number of halogens is 3. The number of carbonyl (C=O) groups is 2. The van der Waals surface area contributed by atoms with Gasteiger partial charge >= 0.3 is 6.18 Å². The smallest absolute Gasteiger partial charge is 0.337 e. The van der Waals surface area contributed by atoms with Crippen LogP contribution in [0.4, 0.5) is 18.9 Å². The van der Waals surface area contributed by atoms with Gasteiger partial charge in [-0.3, -0.25) is 19.5 Å². The molecule has 196 valence electrons. The van der Waals surface area contributed by atoms with Crippen molar-refractivity contribution in [1.29, 1.82) is 0 Å². The molecule has 0 bridgehead atoms. The minimum atomic E-state index is -4.45. The fourth-order valence-electron chi connectivity index (χ4n) is 7.19. The minimum absolute atomic E-state index is 0.0785. The highest BCUT2D eigenvalue weighted by Gasteiger charge is 2.57. The van der Waals surface area contributed by atoms with Crippen molar-refractivity contribution < 1.29 is 22.8 Å². The Kier molecular flexibility index (Phi) is 6.01. The van der Waals surface area contributed by atoms with Gasteiger partial charge in [0.25, 0.3) is 0 Å². The molecule has 3 fully saturated rings. The summed E-state index contributed by atoms with van der Waals surface area (Å²) in [5.41, 5.74) is 0.819. The maximum atomic E-state index is 14.0. The molecule has 0 spiro atoms. The van der Waals surface area contributed by atoms with Crippen molar-refractivity contribution in [3.05, 3.63) is 59.4 Å². The Balaban J connectivity index is 1.16. The topological polar surface area (TPSA) is 56.8 Å². The highest BCUT2D eigenvalue weighted by Crippen LogP contribution is 2.56. The van der Waals surface area contributed by atoms with E-state index in [0.717, 1.165) is 56.6 Å². The SMILES string of the molecule is O=C1CN([C@@H]2C[C@H]3CCC[C@@]3(C(=O)N3CCc4ncc(C(F)(F)F)cc4C3)C2)CCN1c1ccccc1. The first-order valence-corrected chi connectivity index (χ1v) is 13.2. The molecule has 6 nitrogen and oxygen atoms in total. The van der Waals surface area contributed by atoms with Crippen molar-refractivity contribution in [3.8, 4) is 0 Å². The van der Waals surface area contributed by atoms with Crippen molar-refractivity contribution in [2.75, 3.05) is 31.1 Å². The fourth-order valence-corrected chi connectivity index (χ4v) is 7.19. The van der Waals surface area contributed by atoms with E-state index in [9.17, 15) is 22.8 Å². The van der Waals surface area contributed by atoms with Gasteiger partial charge < -0.3 is 9.80 Å². The molecule has 2 aromatic rings. The highest BCUT2D eigenvalue weighted by molar-refractivity contribution is 5.95. The minimum Gasteiger partial charge on any atom is -0.337 e. The molecule has 1 aromatic heterocycles. The van der Waals surface area contributed by atoms with E-state index in [2.05, 4.69) is 9.88 Å². The number of hydrogen-bond donors (Lipinski definition) is 0. The summed E-state index contributed by atoms with van der Waals surface area (Å²) >= 11 is 0. The van der Waals surface area contributed by atoms with Crippen LogP contribution >= 0.6 is 0 Å². The van der Waals surface area contributed by atoms with Crippen LogP contribution in [0.2, 0.25) is 0 Å². The Hall–Kier alpha value is -2.94. The number of pyridine rings is 1. The summed E-state index contributed by atoms with van der Waals surface area (Å²) < 4.78 is 39.8. The third-order valence-corrected chi connectivity index (χ3v) is 9.03. The number of carbonyl (C=O) groups excluding carboxylic acids is 2. The van der Waals surface area contributed by atoms with Crippen LogP contribution in [0.25, 0.3) is 0 Å². The first kappa shape index (κ1) is 24.4. The van der Waals surface area contributed by atoms with Crippen LogP contribution in [0.1, 0.15) is 48.9 Å². The van der Waals surface area contributed by atoms with E-state index in [1.807, 2.05) is 35.2 Å². The molecule has 37 heavy (non-hydrogen) atoms. The maximum Gasteiger partial charge on any atom is 0.417 e. The van der Waals surface area contributed by atoms with Gasteiger partial charge in [0.2, 0.25) is 11.8 Å². The molecule has 1 aromatic carbocycles. The quantitative estimate of drug-likeness (QED) is 0.616. The zero-order chi connectivity index (χ0) is 25.8. The highest BCUT2D eigenvalue weighted by atomic mass is 19.4. The maximum absolute atomic E-state index is 14.0. The van der Waals surface area contributed by atoms with Crippen LogP contribution in [-0.2, 0) is 28.7 Å². The first-order valence-electron chi connectivity index (χ1n) is 13.2. The first-order chi connectivity index (χ1) is 17.7. The lowest BCUT2D eigenvalue weighted by molar-refractivity contribution is -0.144. The van der Waals surface area contributed by atoms with Crippen molar-refractivity contribution >= 4 is 17.5 Å². The van der Waals surface area contributed by atoms with Gasteiger partial charge in [-0.25, -0.2) is 0 Å². The third kappa shape index (κ3) is 4.31. The molecule has 2 amide bonds. The monoisotopic (exact) mass is 512 g/mol. The van der Waals surface area contributed by atoms with Gasteiger partial charge in [-0.2, -0.15) is 13.2 Å². The standard InChI is InChI=1S/C28H31F3N4O2/c29-28(30,31)21-13-19-17-34(10-8-24(19)32-16-21)26(37)27-9-4-5-20(27)14-23(15-27)33-11-12-35(25(36)18-33)22-6-2-1-3-7-22/h1-3,6-7,13,16,20,23H,4-5,8-12,14-15,17-18H2/t20-,23-,27-/m1/s1. The molecule has 2 saturated carbocycles. The summed E-state index contributed by atoms with van der Waals surface area (Å²) in [7, 11) is 0. The van der Waals surface area contributed by atoms with E-state index in [4.69, 9.17) is 0 Å². The Morgan fingerprint density at radius 3 is 2.65 bits per heavy atom. The zero-order valence-electron chi connectivity index (χ0n) is 20.7. The zero-order valence-corrected chi connectivity index (χ0v) is 20.7. The Morgan fingerprint density at radius 2 is 1.89 bits per heavy atom. The van der Waals surface area contributed by atoms with Crippen molar-refractivity contribution in [3.63, 3.8) is 0 Å². The van der Waals surface area contributed by atoms with Crippen LogP contribution in [0, 0.1) is 11.3 Å². The molecule has 3 atom stereocenters. The van der Waals surface area contributed by atoms with Gasteiger partial charge in [-0.1, -0.05) is 24.6 Å². The molecular weight excluding hydrogens is 481 g/mol. The Labute approximate surface area is 214 Å². The Bertz CT molecular complexity index is 1200. The number of anilines is 1. The fraction of sp³-hybridized carbons (Fsp3) is 0.536. The van der Waals surface area contributed by atoms with Crippen LogP contribution in [0.3, 0.4) is 0 Å². The summed E-state index contributed by atoms with van der Waals surface area (Å²) in [5, 5.41) is 0. The van der Waals surface area contributed by atoms with E-state index < -0.39 is 17.2 Å². The molecule has 4 aliphatic rings. The largest absolute Gasteiger partial charge is 0.417 e. The van der Waals surface area contributed by atoms with Crippen LogP contribution in [-0.4, -0.2) is 58.8 Å². The lowest BCUT2D eigenvalue weighted by atomic mass is 9.78. The average molecular weight is 513 g/mol. The molecule has 0 unspecified atom stereocenters. The van der Waals surface area contributed by atoms with Crippen LogP contribution in [0.5, 0.6) is 0 Å². The average Bonchev–Trinajstić information content (AvgIpc) is 3.46. The van der Waals surface area contributed by atoms with Crippen LogP contribution in [0.15, 0.2) is 42.6 Å². The summed E-state index contributed by atoms with van der Waals surface area (Å²) in [5.74, 6) is 0.415. The lowest BCUT2D eigenvalue weighted by Gasteiger charge is -2.39. The molecule has 0 N–H and O–H groups in total. The van der Waals surface area contributed by atoms with E-state index in [1.165, 1.54) is 0 Å². The number of piperazine rings is 1. The number of aromatic nitrogens is 1. The number of fused-ring (bicyclic) bond motifs is 2. The molecule has 9 heteroatoms. The second kappa shape index (κ2) is 9.11. The second-order valence-electron chi connectivity index (χ2n) is 11.0. The van der Waals surface area contributed by atoms with Crippen molar-refractivity contribution in [1.82, 2.24) is 14.8 Å². The molecule has 2 aliphatic heterocycles. The molecule has 1 saturated heterocycles. The van der Waals surface area contributed by atoms with Crippen LogP contribution < -0.4 is 4.90 Å². The van der Waals surface area contributed by atoms with Gasteiger partial charge in [0.15, 0.2) is 0 Å². The number of hydrogen-bond acceptors (Lipinski definition) is 4. The van der Waals surface area contributed by atoms with Gasteiger partial charge in [-0.15, -0.1) is 0 Å². The number of para-hydroxylation sites is 1. The normalized spacial score (nSPS) is 28.4. The molecule has 6 rings (SSSR count). The number of rotatable bonds is 3.